The summed E-state index contributed by atoms with van der Waals surface area (Å²) in [4.78, 5) is 4.48. The Hall–Kier alpha value is -1.56. The summed E-state index contributed by atoms with van der Waals surface area (Å²) < 4.78 is 0. The van der Waals surface area contributed by atoms with E-state index >= 15 is 0 Å². The van der Waals surface area contributed by atoms with Crippen LogP contribution in [0.1, 0.15) is 23.5 Å². The van der Waals surface area contributed by atoms with Crippen LogP contribution in [0.2, 0.25) is 0 Å². The van der Waals surface area contributed by atoms with E-state index in [-0.39, 0.29) is 24.0 Å². The van der Waals surface area contributed by atoms with Crippen molar-refractivity contribution in [2.24, 2.45) is 4.99 Å². The number of hydrogen-bond donors (Lipinski definition) is 2. The Morgan fingerprint density at radius 2 is 1.55 bits per heavy atom. The molecule has 0 aliphatic carbocycles. The maximum Gasteiger partial charge on any atom is 0.191 e. The molecule has 22 heavy (non-hydrogen) atoms. The molecule has 0 saturated heterocycles. The van der Waals surface area contributed by atoms with Crippen molar-refractivity contribution in [2.75, 3.05) is 19.6 Å². The van der Waals surface area contributed by atoms with Crippen molar-refractivity contribution in [1.82, 2.24) is 10.6 Å². The topological polar surface area (TPSA) is 36.4 Å². The standard InChI is InChI=1S/C18H21N3.HI/c1-3-8-15(9-4-1)17(16-10-5-2-6-11-16)14-21-18-19-12-7-13-20-18;/h1-6,8-11,17H,7,12-14H2,(H2,19,20,21);1H. The molecule has 4 heteroatoms. The van der Waals surface area contributed by atoms with Crippen molar-refractivity contribution in [3.05, 3.63) is 71.8 Å². The van der Waals surface area contributed by atoms with Crippen LogP contribution in [0.3, 0.4) is 0 Å². The number of nitrogens with one attached hydrogen (secondary N) is 2. The summed E-state index contributed by atoms with van der Waals surface area (Å²) in [5.41, 5.74) is 2.65. The first-order valence-corrected chi connectivity index (χ1v) is 7.55. The van der Waals surface area contributed by atoms with Gasteiger partial charge in [-0.3, -0.25) is 4.99 Å². The van der Waals surface area contributed by atoms with Gasteiger partial charge in [0.05, 0.1) is 0 Å². The molecule has 0 aromatic heterocycles. The van der Waals surface area contributed by atoms with Gasteiger partial charge in [0.15, 0.2) is 5.96 Å². The van der Waals surface area contributed by atoms with E-state index in [0.29, 0.717) is 5.92 Å². The molecule has 0 fully saturated rings. The Morgan fingerprint density at radius 3 is 2.05 bits per heavy atom. The lowest BCUT2D eigenvalue weighted by Gasteiger charge is -2.22. The molecule has 2 aromatic rings. The lowest BCUT2D eigenvalue weighted by molar-refractivity contribution is 0.679. The van der Waals surface area contributed by atoms with Crippen molar-refractivity contribution in [1.29, 1.82) is 0 Å². The molecular formula is C18H22IN3. The van der Waals surface area contributed by atoms with E-state index in [1.165, 1.54) is 11.1 Å². The van der Waals surface area contributed by atoms with Crippen molar-refractivity contribution < 1.29 is 0 Å². The molecule has 3 rings (SSSR count). The van der Waals surface area contributed by atoms with Crippen molar-refractivity contribution >= 4 is 29.9 Å². The molecule has 0 spiro atoms. The Bertz CT molecular complexity index is 544. The zero-order chi connectivity index (χ0) is 14.3. The van der Waals surface area contributed by atoms with Gasteiger partial charge in [0, 0.05) is 25.6 Å². The van der Waals surface area contributed by atoms with Crippen LogP contribution in [0.25, 0.3) is 0 Å². The average Bonchev–Trinajstić information content (AvgIpc) is 2.58. The molecule has 1 aliphatic rings. The van der Waals surface area contributed by atoms with Crippen molar-refractivity contribution in [2.45, 2.75) is 12.3 Å². The van der Waals surface area contributed by atoms with E-state index in [1.807, 2.05) is 0 Å². The molecule has 1 heterocycles. The predicted octanol–water partition coefficient (Wildman–Crippen LogP) is 3.38. The fraction of sp³-hybridized carbons (Fsp3) is 0.278. The van der Waals surface area contributed by atoms with Crippen LogP contribution in [-0.4, -0.2) is 25.6 Å². The van der Waals surface area contributed by atoms with Crippen LogP contribution in [0.4, 0.5) is 0 Å². The van der Waals surface area contributed by atoms with Crippen LogP contribution in [-0.2, 0) is 0 Å². The molecule has 1 aliphatic heterocycles. The molecular weight excluding hydrogens is 385 g/mol. The first-order valence-electron chi connectivity index (χ1n) is 7.55. The Labute approximate surface area is 149 Å². The highest BCUT2D eigenvalue weighted by molar-refractivity contribution is 14.0. The first kappa shape index (κ1) is 16.8. The van der Waals surface area contributed by atoms with Gasteiger partial charge >= 0.3 is 0 Å². The summed E-state index contributed by atoms with van der Waals surface area (Å²) in [6, 6.07) is 21.3. The zero-order valence-corrected chi connectivity index (χ0v) is 14.9. The van der Waals surface area contributed by atoms with Gasteiger partial charge in [0.1, 0.15) is 0 Å². The van der Waals surface area contributed by atoms with Crippen LogP contribution in [0, 0.1) is 0 Å². The number of rotatable bonds is 4. The second-order valence-electron chi connectivity index (χ2n) is 5.27. The summed E-state index contributed by atoms with van der Waals surface area (Å²) in [5, 5.41) is 6.77. The normalized spacial score (nSPS) is 13.8. The molecule has 116 valence electrons. The summed E-state index contributed by atoms with van der Waals surface area (Å²) in [6.07, 6.45) is 1.12. The fourth-order valence-corrected chi connectivity index (χ4v) is 2.65. The summed E-state index contributed by atoms with van der Waals surface area (Å²) >= 11 is 0. The second kappa shape index (κ2) is 8.78. The van der Waals surface area contributed by atoms with Gasteiger partial charge in [0.2, 0.25) is 0 Å². The molecule has 3 nitrogen and oxygen atoms in total. The third kappa shape index (κ3) is 4.47. The monoisotopic (exact) mass is 407 g/mol. The molecule has 0 saturated carbocycles. The van der Waals surface area contributed by atoms with Crippen LogP contribution in [0.15, 0.2) is 65.7 Å². The van der Waals surface area contributed by atoms with Crippen molar-refractivity contribution in [3.8, 4) is 0 Å². The minimum atomic E-state index is 0. The highest BCUT2D eigenvalue weighted by Crippen LogP contribution is 2.23. The van der Waals surface area contributed by atoms with E-state index in [9.17, 15) is 0 Å². The van der Waals surface area contributed by atoms with Crippen molar-refractivity contribution in [3.63, 3.8) is 0 Å². The van der Waals surface area contributed by atoms with Gasteiger partial charge in [-0.25, -0.2) is 0 Å². The number of nitrogens with zero attached hydrogens (tertiary/aromatic N) is 1. The predicted molar refractivity (Wildman–Crippen MR) is 103 cm³/mol. The fourth-order valence-electron chi connectivity index (χ4n) is 2.65. The quantitative estimate of drug-likeness (QED) is 0.763. The SMILES string of the molecule is I.c1ccc(C(CNC2=NCCCN2)c2ccccc2)cc1. The number of halogens is 1. The minimum absolute atomic E-state index is 0. The molecule has 0 bridgehead atoms. The number of hydrogen-bond acceptors (Lipinski definition) is 3. The van der Waals surface area contributed by atoms with E-state index in [4.69, 9.17) is 0 Å². The molecule has 0 atom stereocenters. The Morgan fingerprint density at radius 1 is 0.955 bits per heavy atom. The van der Waals surface area contributed by atoms with Gasteiger partial charge in [0.25, 0.3) is 0 Å². The molecule has 2 aromatic carbocycles. The largest absolute Gasteiger partial charge is 0.356 e. The maximum absolute atomic E-state index is 4.48. The summed E-state index contributed by atoms with van der Waals surface area (Å²) in [6.45, 7) is 2.77. The van der Waals surface area contributed by atoms with Gasteiger partial charge < -0.3 is 10.6 Å². The third-order valence-corrected chi connectivity index (χ3v) is 3.77. The van der Waals surface area contributed by atoms with Gasteiger partial charge in [-0.1, -0.05) is 60.7 Å². The van der Waals surface area contributed by atoms with E-state index < -0.39 is 0 Å². The highest BCUT2D eigenvalue weighted by atomic mass is 127. The number of guanidine groups is 1. The highest BCUT2D eigenvalue weighted by Gasteiger charge is 2.14. The Balaban J connectivity index is 0.00000176. The molecule has 2 N–H and O–H groups in total. The van der Waals surface area contributed by atoms with Gasteiger partial charge in [-0.2, -0.15) is 0 Å². The Kier molecular flexibility index (Phi) is 6.71. The van der Waals surface area contributed by atoms with Crippen LogP contribution in [0.5, 0.6) is 0 Å². The maximum atomic E-state index is 4.48. The minimum Gasteiger partial charge on any atom is -0.356 e. The third-order valence-electron chi connectivity index (χ3n) is 3.77. The average molecular weight is 407 g/mol. The summed E-state index contributed by atoms with van der Waals surface area (Å²) in [5.74, 6) is 1.26. The molecule has 0 radical (unpaired) electrons. The van der Waals surface area contributed by atoms with Gasteiger partial charge in [-0.15, -0.1) is 24.0 Å². The summed E-state index contributed by atoms with van der Waals surface area (Å²) in [7, 11) is 0. The lowest BCUT2D eigenvalue weighted by Crippen LogP contribution is -2.42. The second-order valence-corrected chi connectivity index (χ2v) is 5.27. The van der Waals surface area contributed by atoms with Gasteiger partial charge in [-0.05, 0) is 17.5 Å². The number of aliphatic imine (C=N–C) groups is 1. The van der Waals surface area contributed by atoms with Crippen LogP contribution >= 0.6 is 24.0 Å². The zero-order valence-electron chi connectivity index (χ0n) is 12.5. The first-order chi connectivity index (χ1) is 10.4. The van der Waals surface area contributed by atoms with E-state index in [2.05, 4.69) is 76.3 Å². The molecule has 0 unspecified atom stereocenters. The number of benzene rings is 2. The van der Waals surface area contributed by atoms with E-state index in [1.54, 1.807) is 0 Å². The molecule has 0 amide bonds. The lowest BCUT2D eigenvalue weighted by atomic mass is 9.91. The smallest absolute Gasteiger partial charge is 0.191 e. The van der Waals surface area contributed by atoms with E-state index in [0.717, 1.165) is 32.0 Å². The van der Waals surface area contributed by atoms with Crippen LogP contribution < -0.4 is 10.6 Å².